The third-order valence-corrected chi connectivity index (χ3v) is 7.41. The molecule has 0 radical (unpaired) electrons. The molecule has 2 saturated carbocycles. The second-order valence-electron chi connectivity index (χ2n) is 7.19. The van der Waals surface area contributed by atoms with Gasteiger partial charge in [-0.1, -0.05) is 41.0 Å². The highest BCUT2D eigenvalue weighted by Gasteiger charge is 2.72. The van der Waals surface area contributed by atoms with Crippen molar-refractivity contribution in [2.75, 3.05) is 0 Å². The van der Waals surface area contributed by atoms with Gasteiger partial charge >= 0.3 is 11.9 Å². The number of aryl methyl sites for hydroxylation is 1. The maximum absolute atomic E-state index is 12.0. The van der Waals surface area contributed by atoms with Crippen molar-refractivity contribution in [3.05, 3.63) is 40.1 Å². The van der Waals surface area contributed by atoms with E-state index in [1.54, 1.807) is 25.2 Å². The number of fused-ring (bicyclic) bond motifs is 1. The van der Waals surface area contributed by atoms with Crippen molar-refractivity contribution >= 4 is 46.9 Å². The van der Waals surface area contributed by atoms with E-state index in [0.717, 1.165) is 5.56 Å². The Bertz CT molecular complexity index is 971. The summed E-state index contributed by atoms with van der Waals surface area (Å²) < 4.78 is 7.56. The normalized spacial score (nSPS) is 30.2. The first kappa shape index (κ1) is 20.5. The predicted molar refractivity (Wildman–Crippen MR) is 105 cm³/mol. The Hall–Kier alpha value is -1.81. The standard InChI is InChI=1S/C18H17Cl2N3O5S/c1-23-6-21-18(22-23)29-15-11-10(12(11)16(24)25)13(17(26)27)14(15)28-5-7-2-3-8(19)9(20)4-7/h2-4,6,10-15H,5H2,1H3,(H,24,25)(H,26,27). The molecule has 0 bridgehead atoms. The molecule has 2 aliphatic carbocycles. The Balaban J connectivity index is 1.58. The van der Waals surface area contributed by atoms with Gasteiger partial charge in [0.15, 0.2) is 0 Å². The molecule has 11 heteroatoms. The fourth-order valence-corrected chi connectivity index (χ4v) is 5.92. The molecule has 2 aromatic rings. The van der Waals surface area contributed by atoms with Gasteiger partial charge in [0.2, 0.25) is 5.16 Å². The number of aromatic nitrogens is 3. The Labute approximate surface area is 180 Å². The molecule has 1 aromatic heterocycles. The number of nitrogens with zero attached hydrogens (tertiary/aromatic N) is 3. The quantitative estimate of drug-likeness (QED) is 0.651. The van der Waals surface area contributed by atoms with Crippen LogP contribution < -0.4 is 0 Å². The van der Waals surface area contributed by atoms with Gasteiger partial charge in [0.05, 0.1) is 34.6 Å². The van der Waals surface area contributed by atoms with E-state index in [1.165, 1.54) is 22.8 Å². The molecular formula is C18H17Cl2N3O5S. The Morgan fingerprint density at radius 3 is 2.48 bits per heavy atom. The Morgan fingerprint density at radius 1 is 1.17 bits per heavy atom. The summed E-state index contributed by atoms with van der Waals surface area (Å²) in [7, 11) is 1.73. The lowest BCUT2D eigenvalue weighted by Crippen LogP contribution is -2.38. The largest absolute Gasteiger partial charge is 0.481 e. The monoisotopic (exact) mass is 457 g/mol. The summed E-state index contributed by atoms with van der Waals surface area (Å²) in [5.41, 5.74) is 0.749. The first-order chi connectivity index (χ1) is 13.8. The number of hydrogen-bond donors (Lipinski definition) is 2. The second kappa shape index (κ2) is 7.79. The molecule has 2 aliphatic rings. The maximum Gasteiger partial charge on any atom is 0.309 e. The highest BCUT2D eigenvalue weighted by molar-refractivity contribution is 7.99. The van der Waals surface area contributed by atoms with Gasteiger partial charge in [-0.2, -0.15) is 0 Å². The van der Waals surface area contributed by atoms with E-state index >= 15 is 0 Å². The summed E-state index contributed by atoms with van der Waals surface area (Å²) in [6, 6.07) is 5.06. The molecule has 1 aromatic carbocycles. The lowest BCUT2D eigenvalue weighted by atomic mass is 9.96. The van der Waals surface area contributed by atoms with Crippen LogP contribution in [0.3, 0.4) is 0 Å². The number of carbonyl (C=O) groups is 2. The minimum absolute atomic E-state index is 0.134. The summed E-state index contributed by atoms with van der Waals surface area (Å²) in [6.45, 7) is 0.134. The second-order valence-corrected chi connectivity index (χ2v) is 9.15. The molecule has 1 heterocycles. The van der Waals surface area contributed by atoms with E-state index in [2.05, 4.69) is 10.1 Å². The molecule has 2 N–H and O–H groups in total. The molecule has 0 spiro atoms. The smallest absolute Gasteiger partial charge is 0.309 e. The molecule has 6 atom stereocenters. The zero-order valence-corrected chi connectivity index (χ0v) is 17.4. The molecule has 0 amide bonds. The lowest BCUT2D eigenvalue weighted by molar-refractivity contribution is -0.149. The number of ether oxygens (including phenoxy) is 1. The number of thioether (sulfide) groups is 1. The Morgan fingerprint density at radius 2 is 1.90 bits per heavy atom. The van der Waals surface area contributed by atoms with Crippen molar-refractivity contribution in [3.8, 4) is 0 Å². The number of aliphatic carboxylic acids is 2. The van der Waals surface area contributed by atoms with E-state index in [-0.39, 0.29) is 17.8 Å². The molecule has 4 rings (SSSR count). The van der Waals surface area contributed by atoms with Crippen LogP contribution in [0.1, 0.15) is 5.56 Å². The summed E-state index contributed by atoms with van der Waals surface area (Å²) in [5.74, 6) is -4.41. The summed E-state index contributed by atoms with van der Waals surface area (Å²) in [5, 5.41) is 24.4. The molecule has 8 nitrogen and oxygen atoms in total. The van der Waals surface area contributed by atoms with Gasteiger partial charge < -0.3 is 14.9 Å². The van der Waals surface area contributed by atoms with Crippen molar-refractivity contribution in [2.45, 2.75) is 23.1 Å². The van der Waals surface area contributed by atoms with Crippen LogP contribution in [0.15, 0.2) is 29.7 Å². The zero-order valence-electron chi connectivity index (χ0n) is 15.1. The minimum Gasteiger partial charge on any atom is -0.481 e. The van der Waals surface area contributed by atoms with Crippen LogP contribution in [0, 0.1) is 23.7 Å². The van der Waals surface area contributed by atoms with Crippen LogP contribution in [-0.2, 0) is 28.0 Å². The van der Waals surface area contributed by atoms with E-state index in [9.17, 15) is 19.8 Å². The average Bonchev–Trinajstić information content (AvgIpc) is 3.11. The summed E-state index contributed by atoms with van der Waals surface area (Å²) >= 11 is 13.2. The summed E-state index contributed by atoms with van der Waals surface area (Å²) in [4.78, 5) is 27.7. The molecule has 2 fully saturated rings. The van der Waals surface area contributed by atoms with Crippen molar-refractivity contribution in [2.24, 2.45) is 30.7 Å². The number of carboxylic acids is 2. The van der Waals surface area contributed by atoms with Gasteiger partial charge in [0, 0.05) is 12.3 Å². The van der Waals surface area contributed by atoms with Crippen LogP contribution in [0.5, 0.6) is 0 Å². The fourth-order valence-electron chi connectivity index (χ4n) is 4.18. The topological polar surface area (TPSA) is 115 Å². The third-order valence-electron chi connectivity index (χ3n) is 5.42. The number of benzene rings is 1. The first-order valence-corrected chi connectivity index (χ1v) is 10.4. The molecule has 154 valence electrons. The lowest BCUT2D eigenvalue weighted by Gasteiger charge is -2.27. The third kappa shape index (κ3) is 3.84. The van der Waals surface area contributed by atoms with E-state index in [4.69, 9.17) is 27.9 Å². The van der Waals surface area contributed by atoms with Gasteiger partial charge in [-0.15, -0.1) is 5.10 Å². The SMILES string of the molecule is Cn1cnc(SC2C(OCc3ccc(Cl)c(Cl)c3)C(C(=O)O)C3C(C(=O)O)C23)n1. The zero-order chi connectivity index (χ0) is 20.9. The van der Waals surface area contributed by atoms with E-state index < -0.39 is 35.8 Å². The van der Waals surface area contributed by atoms with Crippen LogP contribution in [0.2, 0.25) is 10.0 Å². The number of rotatable bonds is 7. The molecular weight excluding hydrogens is 441 g/mol. The van der Waals surface area contributed by atoms with E-state index in [0.29, 0.717) is 15.2 Å². The predicted octanol–water partition coefficient (Wildman–Crippen LogP) is 2.83. The van der Waals surface area contributed by atoms with Crippen molar-refractivity contribution in [1.82, 2.24) is 14.8 Å². The number of hydrogen-bond acceptors (Lipinski definition) is 6. The maximum atomic E-state index is 12.0. The average molecular weight is 458 g/mol. The van der Waals surface area contributed by atoms with Crippen LogP contribution >= 0.6 is 35.0 Å². The van der Waals surface area contributed by atoms with Crippen LogP contribution in [0.4, 0.5) is 0 Å². The molecule has 0 aliphatic heterocycles. The molecule has 6 unspecified atom stereocenters. The van der Waals surface area contributed by atoms with Gasteiger partial charge in [-0.3, -0.25) is 14.3 Å². The van der Waals surface area contributed by atoms with Gasteiger partial charge in [0.25, 0.3) is 0 Å². The summed E-state index contributed by atoms with van der Waals surface area (Å²) in [6.07, 6.45) is 0.859. The van der Waals surface area contributed by atoms with Crippen LogP contribution in [-0.4, -0.2) is 48.3 Å². The van der Waals surface area contributed by atoms with Crippen LogP contribution in [0.25, 0.3) is 0 Å². The van der Waals surface area contributed by atoms with Gasteiger partial charge in [0.1, 0.15) is 6.33 Å². The van der Waals surface area contributed by atoms with E-state index in [1.807, 2.05) is 0 Å². The van der Waals surface area contributed by atoms with Crippen molar-refractivity contribution in [1.29, 1.82) is 0 Å². The molecule has 0 saturated heterocycles. The minimum atomic E-state index is -1.06. The van der Waals surface area contributed by atoms with Crippen molar-refractivity contribution < 1.29 is 24.5 Å². The number of carboxylic acid groups (broad SMARTS) is 2. The molecule has 29 heavy (non-hydrogen) atoms. The van der Waals surface area contributed by atoms with Crippen molar-refractivity contribution in [3.63, 3.8) is 0 Å². The van der Waals surface area contributed by atoms with Gasteiger partial charge in [-0.25, -0.2) is 4.98 Å². The highest BCUT2D eigenvalue weighted by atomic mass is 35.5. The fraction of sp³-hybridized carbons (Fsp3) is 0.444. The van der Waals surface area contributed by atoms with Gasteiger partial charge in [-0.05, 0) is 29.5 Å². The Kier molecular flexibility index (Phi) is 5.50. The highest BCUT2D eigenvalue weighted by Crippen LogP contribution is 2.65. The first-order valence-electron chi connectivity index (χ1n) is 8.81. The number of halogens is 2.